The predicted octanol–water partition coefficient (Wildman–Crippen LogP) is 6.10. The summed E-state index contributed by atoms with van der Waals surface area (Å²) in [4.78, 5) is 0. The van der Waals surface area contributed by atoms with Crippen LogP contribution in [-0.4, -0.2) is 0 Å². The van der Waals surface area contributed by atoms with Crippen LogP contribution in [0.25, 0.3) is 11.3 Å². The maximum absolute atomic E-state index is 12.8. The molecular weight excluding hydrogens is 372 g/mol. The first-order chi connectivity index (χ1) is 11.1. The van der Waals surface area contributed by atoms with E-state index < -0.39 is 0 Å². The van der Waals surface area contributed by atoms with E-state index in [1.165, 1.54) is 12.1 Å². The summed E-state index contributed by atoms with van der Waals surface area (Å²) >= 11 is 12.2. The van der Waals surface area contributed by atoms with E-state index in [2.05, 4.69) is 5.32 Å². The van der Waals surface area contributed by atoms with Gasteiger partial charge in [-0.2, -0.15) is 0 Å². The van der Waals surface area contributed by atoms with Crippen molar-refractivity contribution in [2.75, 3.05) is 0 Å². The molecule has 0 amide bonds. The van der Waals surface area contributed by atoms with Crippen LogP contribution in [0.5, 0.6) is 0 Å². The van der Waals surface area contributed by atoms with E-state index in [0.29, 0.717) is 28.9 Å². The van der Waals surface area contributed by atoms with E-state index in [1.807, 2.05) is 12.1 Å². The molecule has 0 spiro atoms. The van der Waals surface area contributed by atoms with Gasteiger partial charge in [-0.1, -0.05) is 35.3 Å². The summed E-state index contributed by atoms with van der Waals surface area (Å²) in [5, 5.41) is 4.45. The Hall–Kier alpha value is -1.52. The topological polar surface area (TPSA) is 25.2 Å². The van der Waals surface area contributed by atoms with Crippen LogP contribution in [0.15, 0.2) is 59.0 Å². The zero-order valence-corrected chi connectivity index (χ0v) is 14.9. The van der Waals surface area contributed by atoms with Gasteiger partial charge in [0.05, 0.1) is 11.6 Å². The van der Waals surface area contributed by atoms with Crippen LogP contribution < -0.4 is 5.32 Å². The lowest BCUT2D eigenvalue weighted by atomic mass is 10.2. The summed E-state index contributed by atoms with van der Waals surface area (Å²) in [6.07, 6.45) is 0. The molecule has 0 bridgehead atoms. The van der Waals surface area contributed by atoms with Crippen molar-refractivity contribution in [3.63, 3.8) is 0 Å². The van der Waals surface area contributed by atoms with Gasteiger partial charge in [-0.15, -0.1) is 12.4 Å². The van der Waals surface area contributed by atoms with Gasteiger partial charge in [-0.05, 0) is 48.0 Å². The second-order valence-corrected chi connectivity index (χ2v) is 5.96. The first-order valence-electron chi connectivity index (χ1n) is 7.11. The molecule has 3 aromatic rings. The van der Waals surface area contributed by atoms with Crippen molar-refractivity contribution in [2.45, 2.75) is 13.1 Å². The van der Waals surface area contributed by atoms with Crippen molar-refractivity contribution < 1.29 is 8.81 Å². The molecule has 0 radical (unpaired) electrons. The second kappa shape index (κ2) is 8.54. The van der Waals surface area contributed by atoms with Crippen LogP contribution in [0.3, 0.4) is 0 Å². The van der Waals surface area contributed by atoms with Crippen LogP contribution >= 0.6 is 35.6 Å². The molecule has 24 heavy (non-hydrogen) atoms. The zero-order chi connectivity index (χ0) is 16.2. The van der Waals surface area contributed by atoms with Crippen LogP contribution in [0, 0.1) is 5.82 Å². The van der Waals surface area contributed by atoms with Gasteiger partial charge >= 0.3 is 0 Å². The summed E-state index contributed by atoms with van der Waals surface area (Å²) in [6.45, 7) is 1.20. The Kier molecular flexibility index (Phi) is 6.69. The van der Waals surface area contributed by atoms with Crippen LogP contribution in [0.2, 0.25) is 10.0 Å². The molecule has 0 aliphatic carbocycles. The molecule has 0 fully saturated rings. The standard InChI is InChI=1S/C18H14Cl2FNO.ClH/c19-13-3-7-17(20)16(9-13)18-8-6-15(23-18)11-22-10-12-1-4-14(21)5-2-12;/h1-9,22H,10-11H2;1H. The minimum atomic E-state index is -0.233. The van der Waals surface area contributed by atoms with Gasteiger partial charge < -0.3 is 9.73 Å². The van der Waals surface area contributed by atoms with Crippen molar-refractivity contribution in [1.82, 2.24) is 5.32 Å². The number of hydrogen-bond acceptors (Lipinski definition) is 2. The molecule has 0 aliphatic rings. The summed E-state index contributed by atoms with van der Waals surface area (Å²) in [6, 6.07) is 15.4. The maximum Gasteiger partial charge on any atom is 0.135 e. The average molecular weight is 387 g/mol. The van der Waals surface area contributed by atoms with Gasteiger partial charge in [0.1, 0.15) is 17.3 Å². The molecule has 2 aromatic carbocycles. The highest BCUT2D eigenvalue weighted by atomic mass is 35.5. The fraction of sp³-hybridized carbons (Fsp3) is 0.111. The van der Waals surface area contributed by atoms with Gasteiger partial charge in [-0.25, -0.2) is 4.39 Å². The van der Waals surface area contributed by atoms with Gasteiger partial charge in [0.15, 0.2) is 0 Å². The lowest BCUT2D eigenvalue weighted by Crippen LogP contribution is -2.11. The summed E-state index contributed by atoms with van der Waals surface area (Å²) in [5.41, 5.74) is 1.78. The molecule has 1 heterocycles. The van der Waals surface area contributed by atoms with Gasteiger partial charge in [0.25, 0.3) is 0 Å². The third-order valence-corrected chi connectivity index (χ3v) is 3.96. The molecule has 0 saturated carbocycles. The number of nitrogens with one attached hydrogen (secondary N) is 1. The lowest BCUT2D eigenvalue weighted by Gasteiger charge is -2.04. The fourth-order valence-electron chi connectivity index (χ4n) is 2.24. The van der Waals surface area contributed by atoms with E-state index in [0.717, 1.165) is 16.9 Å². The molecular formula is C18H15Cl3FNO. The minimum Gasteiger partial charge on any atom is -0.460 e. The molecule has 2 nitrogen and oxygen atoms in total. The quantitative estimate of drug-likeness (QED) is 0.573. The first kappa shape index (κ1) is 18.8. The van der Waals surface area contributed by atoms with E-state index in [9.17, 15) is 4.39 Å². The predicted molar refractivity (Wildman–Crippen MR) is 98.4 cm³/mol. The normalized spacial score (nSPS) is 10.5. The smallest absolute Gasteiger partial charge is 0.135 e. The Bertz CT molecular complexity index is 802. The van der Waals surface area contributed by atoms with Crippen molar-refractivity contribution in [1.29, 1.82) is 0 Å². The zero-order valence-electron chi connectivity index (χ0n) is 12.6. The van der Waals surface area contributed by atoms with E-state index in [-0.39, 0.29) is 18.2 Å². The monoisotopic (exact) mass is 385 g/mol. The SMILES string of the molecule is Cl.Fc1ccc(CNCc2ccc(-c3cc(Cl)ccc3Cl)o2)cc1. The summed E-state index contributed by atoms with van der Waals surface area (Å²) in [7, 11) is 0. The first-order valence-corrected chi connectivity index (χ1v) is 7.87. The number of benzene rings is 2. The van der Waals surface area contributed by atoms with Crippen molar-refractivity contribution in [3.05, 3.63) is 81.8 Å². The number of rotatable bonds is 5. The fourth-order valence-corrected chi connectivity index (χ4v) is 2.62. The highest BCUT2D eigenvalue weighted by Gasteiger charge is 2.09. The second-order valence-electron chi connectivity index (χ2n) is 5.12. The summed E-state index contributed by atoms with van der Waals surface area (Å²) in [5.74, 6) is 1.23. The molecule has 0 unspecified atom stereocenters. The van der Waals surface area contributed by atoms with Crippen LogP contribution in [-0.2, 0) is 13.1 Å². The number of halogens is 4. The van der Waals surface area contributed by atoms with E-state index in [4.69, 9.17) is 27.6 Å². The Morgan fingerprint density at radius 2 is 1.67 bits per heavy atom. The molecule has 0 atom stereocenters. The van der Waals surface area contributed by atoms with Crippen molar-refractivity contribution in [2.24, 2.45) is 0 Å². The largest absolute Gasteiger partial charge is 0.460 e. The molecule has 3 rings (SSSR count). The molecule has 1 N–H and O–H groups in total. The highest BCUT2D eigenvalue weighted by molar-refractivity contribution is 6.35. The van der Waals surface area contributed by atoms with Gasteiger partial charge in [0.2, 0.25) is 0 Å². The summed E-state index contributed by atoms with van der Waals surface area (Å²) < 4.78 is 18.6. The van der Waals surface area contributed by atoms with Crippen LogP contribution in [0.4, 0.5) is 4.39 Å². The third kappa shape index (κ3) is 4.74. The number of hydrogen-bond donors (Lipinski definition) is 1. The molecule has 6 heteroatoms. The molecule has 1 aromatic heterocycles. The van der Waals surface area contributed by atoms with Crippen molar-refractivity contribution in [3.8, 4) is 11.3 Å². The van der Waals surface area contributed by atoms with Crippen LogP contribution in [0.1, 0.15) is 11.3 Å². The average Bonchev–Trinajstić information content (AvgIpc) is 3.00. The minimum absolute atomic E-state index is 0. The van der Waals surface area contributed by atoms with Gasteiger partial charge in [-0.3, -0.25) is 0 Å². The maximum atomic E-state index is 12.8. The molecule has 0 saturated heterocycles. The lowest BCUT2D eigenvalue weighted by molar-refractivity contribution is 0.493. The Labute approximate surface area is 156 Å². The van der Waals surface area contributed by atoms with Gasteiger partial charge in [0, 0.05) is 17.1 Å². The third-order valence-electron chi connectivity index (χ3n) is 3.40. The highest BCUT2D eigenvalue weighted by Crippen LogP contribution is 2.31. The molecule has 0 aliphatic heterocycles. The van der Waals surface area contributed by atoms with E-state index in [1.54, 1.807) is 30.3 Å². The van der Waals surface area contributed by atoms with Crippen molar-refractivity contribution >= 4 is 35.6 Å². The Balaban J connectivity index is 0.00000208. The molecule has 126 valence electrons. The van der Waals surface area contributed by atoms with E-state index >= 15 is 0 Å². The Morgan fingerprint density at radius 3 is 2.42 bits per heavy atom. The Morgan fingerprint density at radius 1 is 0.917 bits per heavy atom. The number of furan rings is 1.